The Morgan fingerprint density at radius 3 is 2.44 bits per heavy atom. The van der Waals surface area contributed by atoms with Crippen LogP contribution in [0.2, 0.25) is 0 Å². The Kier molecular flexibility index (Phi) is 5.72. The average molecular weight is 434 g/mol. The quantitative estimate of drug-likeness (QED) is 0.619. The predicted octanol–water partition coefficient (Wildman–Crippen LogP) is 1.68. The molecular weight excluding hydrogens is 406 g/mol. The Balaban J connectivity index is 1.24. The van der Waals surface area contributed by atoms with Gasteiger partial charge in [-0.05, 0) is 6.07 Å². The summed E-state index contributed by atoms with van der Waals surface area (Å²) in [6, 6.07) is 13.9. The number of rotatable bonds is 4. The van der Waals surface area contributed by atoms with Crippen LogP contribution in [0.3, 0.4) is 0 Å². The van der Waals surface area contributed by atoms with Crippen molar-refractivity contribution in [3.63, 3.8) is 0 Å². The van der Waals surface area contributed by atoms with Gasteiger partial charge in [0.25, 0.3) is 5.91 Å². The van der Waals surface area contributed by atoms with Gasteiger partial charge in [-0.1, -0.05) is 30.3 Å². The normalized spacial score (nSPS) is 17.0. The maximum Gasteiger partial charge on any atom is 0.272 e. The summed E-state index contributed by atoms with van der Waals surface area (Å²) in [5.74, 6) is 0.899. The van der Waals surface area contributed by atoms with E-state index in [9.17, 15) is 4.79 Å². The maximum absolute atomic E-state index is 13.2. The van der Waals surface area contributed by atoms with Gasteiger partial charge >= 0.3 is 0 Å². The number of aromatic nitrogens is 4. The fourth-order valence-electron chi connectivity index (χ4n) is 4.21. The molecule has 4 heterocycles. The average Bonchev–Trinajstić information content (AvgIpc) is 3.26. The number of nitrogens with zero attached hydrogens (tertiary/aromatic N) is 7. The van der Waals surface area contributed by atoms with Gasteiger partial charge < -0.3 is 19.4 Å². The van der Waals surface area contributed by atoms with E-state index in [2.05, 4.69) is 31.2 Å². The van der Waals surface area contributed by atoms with Crippen LogP contribution in [0.15, 0.2) is 48.7 Å². The van der Waals surface area contributed by atoms with Gasteiger partial charge in [0.05, 0.1) is 30.8 Å². The van der Waals surface area contributed by atoms with E-state index in [1.54, 1.807) is 10.9 Å². The van der Waals surface area contributed by atoms with Crippen LogP contribution in [0.25, 0.3) is 11.3 Å². The SMILES string of the molecule is Cn1nc(-c2ccccc2)cc1C(=O)N1CCN(c2cnnc(N3CCOCC3)c2)CC1. The number of piperazine rings is 1. The van der Waals surface area contributed by atoms with Crippen molar-refractivity contribution in [1.82, 2.24) is 24.9 Å². The predicted molar refractivity (Wildman–Crippen MR) is 122 cm³/mol. The molecule has 0 N–H and O–H groups in total. The van der Waals surface area contributed by atoms with Crippen molar-refractivity contribution in [2.45, 2.75) is 0 Å². The van der Waals surface area contributed by atoms with Gasteiger partial charge in [0.1, 0.15) is 5.69 Å². The lowest BCUT2D eigenvalue weighted by Crippen LogP contribution is -2.49. The van der Waals surface area contributed by atoms with Gasteiger partial charge in [-0.3, -0.25) is 9.48 Å². The van der Waals surface area contributed by atoms with Crippen LogP contribution >= 0.6 is 0 Å². The highest BCUT2D eigenvalue weighted by Gasteiger charge is 2.26. The first-order chi connectivity index (χ1) is 15.7. The van der Waals surface area contributed by atoms with Crippen molar-refractivity contribution in [3.8, 4) is 11.3 Å². The highest BCUT2D eigenvalue weighted by atomic mass is 16.5. The van der Waals surface area contributed by atoms with E-state index in [0.717, 1.165) is 48.9 Å². The van der Waals surface area contributed by atoms with Crippen molar-refractivity contribution < 1.29 is 9.53 Å². The molecule has 2 aliphatic rings. The molecule has 2 aliphatic heterocycles. The van der Waals surface area contributed by atoms with E-state index in [4.69, 9.17) is 4.74 Å². The summed E-state index contributed by atoms with van der Waals surface area (Å²) >= 11 is 0. The molecule has 1 amide bonds. The number of hydrogen-bond acceptors (Lipinski definition) is 7. The zero-order valence-corrected chi connectivity index (χ0v) is 18.2. The van der Waals surface area contributed by atoms with E-state index in [1.165, 1.54) is 0 Å². The third-order valence-corrected chi connectivity index (χ3v) is 6.06. The molecule has 9 nitrogen and oxygen atoms in total. The molecule has 0 spiro atoms. The third-order valence-electron chi connectivity index (χ3n) is 6.06. The van der Waals surface area contributed by atoms with Crippen molar-refractivity contribution in [2.75, 3.05) is 62.3 Å². The van der Waals surface area contributed by atoms with Crippen LogP contribution in [-0.2, 0) is 11.8 Å². The zero-order valence-electron chi connectivity index (χ0n) is 18.2. The Bertz CT molecular complexity index is 1070. The molecule has 166 valence electrons. The molecule has 3 aromatic rings. The standard InChI is InChI=1S/C23H27N7O2/c1-27-21(16-20(26-27)18-5-3-2-4-6-18)23(31)30-9-7-28(8-10-30)19-15-22(25-24-17-19)29-11-13-32-14-12-29/h2-6,15-17H,7-14H2,1H3. The summed E-state index contributed by atoms with van der Waals surface area (Å²) in [4.78, 5) is 19.5. The highest BCUT2D eigenvalue weighted by Crippen LogP contribution is 2.23. The van der Waals surface area contributed by atoms with E-state index >= 15 is 0 Å². The van der Waals surface area contributed by atoms with Crippen molar-refractivity contribution in [1.29, 1.82) is 0 Å². The Hall–Kier alpha value is -3.46. The number of anilines is 2. The van der Waals surface area contributed by atoms with Gasteiger partial charge in [-0.15, -0.1) is 5.10 Å². The zero-order chi connectivity index (χ0) is 21.9. The first-order valence-electron chi connectivity index (χ1n) is 11.0. The van der Waals surface area contributed by atoms with Crippen LogP contribution in [0.1, 0.15) is 10.5 Å². The van der Waals surface area contributed by atoms with Gasteiger partial charge in [0.2, 0.25) is 0 Å². The molecule has 2 saturated heterocycles. The maximum atomic E-state index is 13.2. The second-order valence-corrected chi connectivity index (χ2v) is 8.06. The number of benzene rings is 1. The summed E-state index contributed by atoms with van der Waals surface area (Å²) in [6.07, 6.45) is 1.80. The largest absolute Gasteiger partial charge is 0.378 e. The minimum absolute atomic E-state index is 0.0173. The summed E-state index contributed by atoms with van der Waals surface area (Å²) in [6.45, 7) is 5.90. The molecular formula is C23H27N7O2. The summed E-state index contributed by atoms with van der Waals surface area (Å²) < 4.78 is 7.11. The van der Waals surface area contributed by atoms with Crippen molar-refractivity contribution in [3.05, 3.63) is 54.4 Å². The number of ether oxygens (including phenoxy) is 1. The first kappa shape index (κ1) is 20.4. The lowest BCUT2D eigenvalue weighted by atomic mass is 10.1. The Morgan fingerprint density at radius 2 is 1.69 bits per heavy atom. The third kappa shape index (κ3) is 4.16. The molecule has 32 heavy (non-hydrogen) atoms. The number of carbonyl (C=O) groups is 1. The van der Waals surface area contributed by atoms with Crippen LogP contribution in [0.5, 0.6) is 0 Å². The highest BCUT2D eigenvalue weighted by molar-refractivity contribution is 5.94. The molecule has 1 aromatic carbocycles. The topological polar surface area (TPSA) is 79.6 Å². The summed E-state index contributed by atoms with van der Waals surface area (Å²) in [7, 11) is 1.83. The molecule has 0 bridgehead atoms. The summed E-state index contributed by atoms with van der Waals surface area (Å²) in [5.41, 5.74) is 3.47. The Morgan fingerprint density at radius 1 is 0.938 bits per heavy atom. The van der Waals surface area contributed by atoms with E-state index in [0.29, 0.717) is 32.0 Å². The second kappa shape index (κ2) is 8.96. The van der Waals surface area contributed by atoms with Gasteiger partial charge in [0, 0.05) is 57.9 Å². The van der Waals surface area contributed by atoms with Crippen LogP contribution < -0.4 is 9.80 Å². The second-order valence-electron chi connectivity index (χ2n) is 8.06. The monoisotopic (exact) mass is 433 g/mol. The lowest BCUT2D eigenvalue weighted by molar-refractivity contribution is 0.0735. The molecule has 0 saturated carbocycles. The van der Waals surface area contributed by atoms with E-state index in [1.807, 2.05) is 48.3 Å². The number of morpholine rings is 1. The van der Waals surface area contributed by atoms with E-state index in [-0.39, 0.29) is 5.91 Å². The number of amides is 1. The minimum Gasteiger partial charge on any atom is -0.378 e. The fourth-order valence-corrected chi connectivity index (χ4v) is 4.21. The van der Waals surface area contributed by atoms with Crippen molar-refractivity contribution in [2.24, 2.45) is 7.05 Å². The van der Waals surface area contributed by atoms with Crippen molar-refractivity contribution >= 4 is 17.4 Å². The number of hydrogen-bond donors (Lipinski definition) is 0. The molecule has 0 aliphatic carbocycles. The lowest BCUT2D eigenvalue weighted by Gasteiger charge is -2.36. The van der Waals surface area contributed by atoms with E-state index < -0.39 is 0 Å². The van der Waals surface area contributed by atoms with Gasteiger partial charge in [-0.2, -0.15) is 10.2 Å². The molecule has 0 atom stereocenters. The molecule has 9 heteroatoms. The van der Waals surface area contributed by atoms with Gasteiger partial charge in [-0.25, -0.2) is 0 Å². The molecule has 0 unspecified atom stereocenters. The summed E-state index contributed by atoms with van der Waals surface area (Å²) in [5, 5.41) is 13.1. The molecule has 5 rings (SSSR count). The van der Waals surface area contributed by atoms with Crippen LogP contribution in [0, 0.1) is 0 Å². The smallest absolute Gasteiger partial charge is 0.272 e. The number of carbonyl (C=O) groups excluding carboxylic acids is 1. The minimum atomic E-state index is 0.0173. The van der Waals surface area contributed by atoms with Crippen LogP contribution in [0.4, 0.5) is 11.5 Å². The fraction of sp³-hybridized carbons (Fsp3) is 0.391. The molecule has 2 aromatic heterocycles. The molecule has 2 fully saturated rings. The van der Waals surface area contributed by atoms with Gasteiger partial charge in [0.15, 0.2) is 5.82 Å². The number of aryl methyl sites for hydroxylation is 1. The Labute approximate surface area is 187 Å². The molecule has 0 radical (unpaired) electrons. The first-order valence-corrected chi connectivity index (χ1v) is 11.0. The van der Waals surface area contributed by atoms with Crippen LogP contribution in [-0.4, -0.2) is 83.3 Å².